The van der Waals surface area contributed by atoms with E-state index < -0.39 is 17.9 Å². The molecule has 0 saturated carbocycles. The van der Waals surface area contributed by atoms with Crippen molar-refractivity contribution >= 4 is 11.9 Å². The first-order valence-corrected chi connectivity index (χ1v) is 8.45. The van der Waals surface area contributed by atoms with E-state index in [9.17, 15) is 9.59 Å². The third-order valence-corrected chi connectivity index (χ3v) is 4.29. The van der Waals surface area contributed by atoms with Crippen LogP contribution in [-0.4, -0.2) is 38.4 Å². The number of hydrogen-bond acceptors (Lipinski definition) is 7. The average molecular weight is 381 g/mol. The molecule has 3 rings (SSSR count). The van der Waals surface area contributed by atoms with Gasteiger partial charge in [0.2, 0.25) is 0 Å². The molecule has 3 aromatic rings. The van der Waals surface area contributed by atoms with Crippen molar-refractivity contribution in [2.45, 2.75) is 5.92 Å². The van der Waals surface area contributed by atoms with Gasteiger partial charge in [-0.3, -0.25) is 9.59 Å². The number of benzene rings is 2. The largest absolute Gasteiger partial charge is 0.497 e. The smallest absolute Gasteiger partial charge is 0.324 e. The lowest BCUT2D eigenvalue weighted by Crippen LogP contribution is -2.25. The van der Waals surface area contributed by atoms with E-state index in [0.29, 0.717) is 28.3 Å². The van der Waals surface area contributed by atoms with E-state index in [1.54, 1.807) is 43.5 Å². The maximum Gasteiger partial charge on any atom is 0.324 e. The van der Waals surface area contributed by atoms with Crippen molar-refractivity contribution in [3.05, 3.63) is 60.2 Å². The van der Waals surface area contributed by atoms with Gasteiger partial charge < -0.3 is 18.7 Å². The van der Waals surface area contributed by atoms with Gasteiger partial charge in [0, 0.05) is 11.1 Å². The predicted octanol–water partition coefficient (Wildman–Crippen LogP) is 3.45. The van der Waals surface area contributed by atoms with Crippen LogP contribution in [0.25, 0.3) is 22.6 Å². The maximum atomic E-state index is 12.5. The normalized spacial score (nSPS) is 10.6. The Labute approximate surface area is 161 Å². The molecule has 7 heteroatoms. The minimum Gasteiger partial charge on any atom is -0.497 e. The quantitative estimate of drug-likeness (QED) is 0.477. The molecular formula is C21H19NO6. The van der Waals surface area contributed by atoms with Crippen LogP contribution < -0.4 is 4.74 Å². The summed E-state index contributed by atoms with van der Waals surface area (Å²) < 4.78 is 20.4. The van der Waals surface area contributed by atoms with E-state index in [0.717, 1.165) is 0 Å². The second-order valence-electron chi connectivity index (χ2n) is 5.85. The van der Waals surface area contributed by atoms with Gasteiger partial charge in [0.25, 0.3) is 0 Å². The molecule has 0 saturated heterocycles. The Balaban J connectivity index is 2.24. The van der Waals surface area contributed by atoms with Crippen LogP contribution >= 0.6 is 0 Å². The van der Waals surface area contributed by atoms with Crippen LogP contribution in [0.2, 0.25) is 0 Å². The molecule has 7 nitrogen and oxygen atoms in total. The lowest BCUT2D eigenvalue weighted by Gasteiger charge is -2.14. The van der Waals surface area contributed by atoms with Gasteiger partial charge in [0.1, 0.15) is 11.4 Å². The molecule has 0 bridgehead atoms. The molecule has 0 spiro atoms. The van der Waals surface area contributed by atoms with Crippen molar-refractivity contribution in [1.29, 1.82) is 0 Å². The molecule has 0 aliphatic heterocycles. The summed E-state index contributed by atoms with van der Waals surface area (Å²) in [5.41, 5.74) is 1.96. The van der Waals surface area contributed by atoms with Crippen LogP contribution in [0.3, 0.4) is 0 Å². The standard InChI is InChI=1S/C21H19NO6/c1-25-15-11-9-13(10-12-15)18-16(17(20(23)26-2)21(24)27-3)19(28-22-18)14-7-5-4-6-8-14/h4-12,17H,1-3H3. The second-order valence-corrected chi connectivity index (χ2v) is 5.85. The summed E-state index contributed by atoms with van der Waals surface area (Å²) in [6, 6.07) is 16.1. The fourth-order valence-electron chi connectivity index (χ4n) is 2.89. The molecule has 28 heavy (non-hydrogen) atoms. The molecule has 0 unspecified atom stereocenters. The summed E-state index contributed by atoms with van der Waals surface area (Å²) in [5, 5.41) is 4.14. The third kappa shape index (κ3) is 3.59. The third-order valence-electron chi connectivity index (χ3n) is 4.29. The molecule has 1 heterocycles. The van der Waals surface area contributed by atoms with Crippen molar-refractivity contribution in [2.24, 2.45) is 0 Å². The summed E-state index contributed by atoms with van der Waals surface area (Å²) in [6.45, 7) is 0. The van der Waals surface area contributed by atoms with Gasteiger partial charge >= 0.3 is 11.9 Å². The maximum absolute atomic E-state index is 12.5. The Bertz CT molecular complexity index is 946. The predicted molar refractivity (Wildman–Crippen MR) is 101 cm³/mol. The van der Waals surface area contributed by atoms with Crippen LogP contribution in [0.5, 0.6) is 5.75 Å². The van der Waals surface area contributed by atoms with Crippen LogP contribution in [0, 0.1) is 0 Å². The zero-order valence-electron chi connectivity index (χ0n) is 15.7. The zero-order chi connectivity index (χ0) is 20.1. The van der Waals surface area contributed by atoms with Crippen LogP contribution in [0.4, 0.5) is 0 Å². The summed E-state index contributed by atoms with van der Waals surface area (Å²) in [5.74, 6) is -1.90. The minimum absolute atomic E-state index is 0.287. The number of carbonyl (C=O) groups excluding carboxylic acids is 2. The monoisotopic (exact) mass is 381 g/mol. The van der Waals surface area contributed by atoms with Crippen molar-refractivity contribution < 1.29 is 28.3 Å². The molecule has 0 amide bonds. The van der Waals surface area contributed by atoms with Crippen LogP contribution in [0.15, 0.2) is 59.1 Å². The van der Waals surface area contributed by atoms with E-state index in [2.05, 4.69) is 5.16 Å². The zero-order valence-corrected chi connectivity index (χ0v) is 15.7. The highest BCUT2D eigenvalue weighted by Gasteiger charge is 2.38. The van der Waals surface area contributed by atoms with Gasteiger partial charge in [-0.25, -0.2) is 0 Å². The first-order chi connectivity index (χ1) is 13.6. The van der Waals surface area contributed by atoms with Gasteiger partial charge in [-0.15, -0.1) is 0 Å². The van der Waals surface area contributed by atoms with Gasteiger partial charge in [0.05, 0.1) is 26.9 Å². The molecule has 1 aromatic heterocycles. The number of aromatic nitrogens is 1. The highest BCUT2D eigenvalue weighted by Crippen LogP contribution is 2.38. The fraction of sp³-hybridized carbons (Fsp3) is 0.190. The summed E-state index contributed by atoms with van der Waals surface area (Å²) >= 11 is 0. The lowest BCUT2D eigenvalue weighted by atomic mass is 9.91. The summed E-state index contributed by atoms with van der Waals surface area (Å²) in [7, 11) is 3.98. The highest BCUT2D eigenvalue weighted by molar-refractivity contribution is 6.03. The Morgan fingerprint density at radius 3 is 2.00 bits per heavy atom. The number of esters is 2. The number of nitrogens with zero attached hydrogens (tertiary/aromatic N) is 1. The molecular weight excluding hydrogens is 362 g/mol. The molecule has 2 aromatic carbocycles. The SMILES string of the molecule is COC(=O)C(C(=O)OC)c1c(-c2ccc(OC)cc2)noc1-c1ccccc1. The van der Waals surface area contributed by atoms with Crippen molar-refractivity contribution in [3.63, 3.8) is 0 Å². The summed E-state index contributed by atoms with van der Waals surface area (Å²) in [6.07, 6.45) is 0. The van der Waals surface area contributed by atoms with Crippen LogP contribution in [-0.2, 0) is 19.1 Å². The topological polar surface area (TPSA) is 87.9 Å². The van der Waals surface area contributed by atoms with Gasteiger partial charge in [-0.05, 0) is 24.3 Å². The first-order valence-electron chi connectivity index (χ1n) is 8.45. The Kier molecular flexibility index (Phi) is 5.74. The molecule has 0 aliphatic carbocycles. The Morgan fingerprint density at radius 1 is 0.857 bits per heavy atom. The number of carbonyl (C=O) groups is 2. The molecule has 0 atom stereocenters. The minimum atomic E-state index is -1.34. The fourth-order valence-corrected chi connectivity index (χ4v) is 2.89. The van der Waals surface area contributed by atoms with E-state index in [-0.39, 0.29) is 5.56 Å². The number of rotatable bonds is 6. The van der Waals surface area contributed by atoms with Crippen molar-refractivity contribution in [3.8, 4) is 28.3 Å². The van der Waals surface area contributed by atoms with E-state index in [1.165, 1.54) is 14.2 Å². The molecule has 144 valence electrons. The number of methoxy groups -OCH3 is 3. The van der Waals surface area contributed by atoms with Crippen molar-refractivity contribution in [2.75, 3.05) is 21.3 Å². The molecule has 0 aliphatic rings. The first kappa shape index (κ1) is 19.2. The van der Waals surface area contributed by atoms with Gasteiger partial charge in [0.15, 0.2) is 11.7 Å². The second kappa shape index (κ2) is 8.39. The molecule has 0 N–H and O–H groups in total. The number of hydrogen-bond donors (Lipinski definition) is 0. The lowest BCUT2D eigenvalue weighted by molar-refractivity contribution is -0.154. The van der Waals surface area contributed by atoms with Crippen LogP contribution in [0.1, 0.15) is 11.5 Å². The van der Waals surface area contributed by atoms with E-state index >= 15 is 0 Å². The molecule has 0 fully saturated rings. The number of ether oxygens (including phenoxy) is 3. The Morgan fingerprint density at radius 2 is 1.46 bits per heavy atom. The summed E-state index contributed by atoms with van der Waals surface area (Å²) in [4.78, 5) is 24.9. The van der Waals surface area contributed by atoms with E-state index in [1.807, 2.05) is 18.2 Å². The highest BCUT2D eigenvalue weighted by atomic mass is 16.5. The Hall–Kier alpha value is -3.61. The molecule has 0 radical (unpaired) electrons. The van der Waals surface area contributed by atoms with Gasteiger partial charge in [-0.1, -0.05) is 35.5 Å². The average Bonchev–Trinajstić information content (AvgIpc) is 3.18. The van der Waals surface area contributed by atoms with Gasteiger partial charge in [-0.2, -0.15) is 0 Å². The van der Waals surface area contributed by atoms with Crippen molar-refractivity contribution in [1.82, 2.24) is 5.16 Å². The van der Waals surface area contributed by atoms with E-state index in [4.69, 9.17) is 18.7 Å².